The molecule has 0 spiro atoms. The summed E-state index contributed by atoms with van der Waals surface area (Å²) in [4.78, 5) is 9.71. The summed E-state index contributed by atoms with van der Waals surface area (Å²) in [6.45, 7) is 1.71. The number of carbonyl (C=O) groups is 1. The van der Waals surface area contributed by atoms with Gasteiger partial charge in [0.2, 0.25) is 0 Å². The van der Waals surface area contributed by atoms with E-state index < -0.39 is 11.7 Å². The molecule has 0 bridgehead atoms. The van der Waals surface area contributed by atoms with Crippen LogP contribution in [-0.2, 0) is 4.79 Å². The molecule has 8 heavy (non-hydrogen) atoms. The predicted octanol–water partition coefficient (Wildman–Crippen LogP) is -0.275. The van der Waals surface area contributed by atoms with E-state index in [1.54, 1.807) is 6.92 Å². The second-order valence-electron chi connectivity index (χ2n) is 1.28. The molecule has 1 N–H and O–H groups in total. The molecule has 0 aliphatic rings. The number of carboxylic acids is 1. The number of carboxylic acid groups (broad SMARTS) is 1. The van der Waals surface area contributed by atoms with Gasteiger partial charge >= 0.3 is 5.97 Å². The van der Waals surface area contributed by atoms with Crippen molar-refractivity contribution in [2.45, 2.75) is 13.3 Å². The van der Waals surface area contributed by atoms with E-state index in [2.05, 4.69) is 0 Å². The van der Waals surface area contributed by atoms with Gasteiger partial charge in [0.25, 0.3) is 0 Å². The quantitative estimate of drug-likeness (QED) is 0.398. The Morgan fingerprint density at radius 2 is 2.38 bits per heavy atom. The Morgan fingerprint density at radius 3 is 2.50 bits per heavy atom. The van der Waals surface area contributed by atoms with Gasteiger partial charge in [0.15, 0.2) is 0 Å². The minimum atomic E-state index is -1.38. The van der Waals surface area contributed by atoms with E-state index in [9.17, 15) is 9.90 Å². The summed E-state index contributed by atoms with van der Waals surface area (Å²) in [7, 11) is 0. The van der Waals surface area contributed by atoms with Crippen molar-refractivity contribution < 1.29 is 15.0 Å². The summed E-state index contributed by atoms with van der Waals surface area (Å²) in [6, 6.07) is 0. The maximum absolute atomic E-state index is 10.1. The van der Waals surface area contributed by atoms with Gasteiger partial charge in [-0.1, -0.05) is 13.0 Å². The maximum atomic E-state index is 10.1. The molecule has 0 atom stereocenters. The van der Waals surface area contributed by atoms with Crippen LogP contribution in [0, 0.1) is 0 Å². The lowest BCUT2D eigenvalue weighted by molar-refractivity contribution is -0.302. The van der Waals surface area contributed by atoms with Crippen molar-refractivity contribution >= 4 is 5.97 Å². The van der Waals surface area contributed by atoms with Gasteiger partial charge in [-0.15, -0.1) is 0 Å². The lowest BCUT2D eigenvalue weighted by Gasteiger charge is -2.01. The summed E-state index contributed by atoms with van der Waals surface area (Å²) in [5, 5.41) is 18.0. The third kappa shape index (κ3) is 2.23. The van der Waals surface area contributed by atoms with Crippen molar-refractivity contribution in [3.05, 3.63) is 11.8 Å². The second-order valence-corrected chi connectivity index (χ2v) is 1.28. The average Bonchev–Trinajstić information content (AvgIpc) is 1.67. The zero-order chi connectivity index (χ0) is 6.57. The molecule has 0 aliphatic carbocycles. The summed E-state index contributed by atoms with van der Waals surface area (Å²) < 4.78 is 0. The van der Waals surface area contributed by atoms with E-state index in [1.807, 2.05) is 0 Å². The largest absolute Gasteiger partial charge is 0.868 e. The Morgan fingerprint density at radius 1 is 1.88 bits per heavy atom. The van der Waals surface area contributed by atoms with E-state index >= 15 is 0 Å². The molecular weight excluding hydrogens is 108 g/mol. The molecule has 0 aromatic heterocycles. The molecule has 3 nitrogen and oxygen atoms in total. The molecule has 0 saturated carbocycles. The second kappa shape index (κ2) is 3.07. The lowest BCUT2D eigenvalue weighted by Crippen LogP contribution is -2.13. The highest BCUT2D eigenvalue weighted by molar-refractivity contribution is 5.82. The van der Waals surface area contributed by atoms with Crippen LogP contribution in [0.4, 0.5) is 0 Å². The first kappa shape index (κ1) is 7.01. The fourth-order valence-corrected chi connectivity index (χ4v) is 0.273. The number of aliphatic carboxylic acids is 1. The van der Waals surface area contributed by atoms with Crippen LogP contribution in [0.3, 0.4) is 0 Å². The maximum Gasteiger partial charge on any atom is 0.320 e. The smallest absolute Gasteiger partial charge is 0.320 e. The number of allylic oxidation sites excluding steroid dienone is 1. The van der Waals surface area contributed by atoms with E-state index in [1.165, 1.54) is 0 Å². The molecule has 0 fully saturated rings. The van der Waals surface area contributed by atoms with Crippen LogP contribution in [0.1, 0.15) is 13.3 Å². The van der Waals surface area contributed by atoms with Crippen molar-refractivity contribution in [2.24, 2.45) is 0 Å². The Hall–Kier alpha value is -0.990. The van der Waals surface area contributed by atoms with Gasteiger partial charge in [-0.2, -0.15) is 0 Å². The molecule has 0 aromatic carbocycles. The topological polar surface area (TPSA) is 60.4 Å². The summed E-state index contributed by atoms with van der Waals surface area (Å²) in [5.41, 5.74) is 0. The zero-order valence-corrected chi connectivity index (χ0v) is 4.55. The molecule has 0 saturated heterocycles. The van der Waals surface area contributed by atoms with Crippen molar-refractivity contribution in [3.63, 3.8) is 0 Å². The van der Waals surface area contributed by atoms with Crippen molar-refractivity contribution in [1.29, 1.82) is 0 Å². The SMILES string of the molecule is CC/C=C(\[O-])C(=O)O. The first-order valence-corrected chi connectivity index (χ1v) is 2.29. The summed E-state index contributed by atoms with van der Waals surface area (Å²) >= 11 is 0. The fourth-order valence-electron chi connectivity index (χ4n) is 0.273. The highest BCUT2D eigenvalue weighted by Gasteiger charge is 1.87. The van der Waals surface area contributed by atoms with Gasteiger partial charge in [0.05, 0.1) is 0 Å². The van der Waals surface area contributed by atoms with Crippen LogP contribution in [0.15, 0.2) is 11.8 Å². The van der Waals surface area contributed by atoms with Crippen LogP contribution >= 0.6 is 0 Å². The van der Waals surface area contributed by atoms with Crippen LogP contribution < -0.4 is 5.11 Å². The van der Waals surface area contributed by atoms with E-state index in [0.717, 1.165) is 6.08 Å². The van der Waals surface area contributed by atoms with Crippen LogP contribution in [0.2, 0.25) is 0 Å². The van der Waals surface area contributed by atoms with E-state index in [0.29, 0.717) is 6.42 Å². The Bertz CT molecular complexity index is 115. The third-order valence-corrected chi connectivity index (χ3v) is 0.600. The highest BCUT2D eigenvalue weighted by Crippen LogP contribution is 1.84. The fraction of sp³-hybridized carbons (Fsp3) is 0.400. The van der Waals surface area contributed by atoms with Crippen molar-refractivity contribution in [1.82, 2.24) is 0 Å². The third-order valence-electron chi connectivity index (χ3n) is 0.600. The first-order valence-electron chi connectivity index (χ1n) is 2.29. The average molecular weight is 115 g/mol. The normalized spacial score (nSPS) is 11.4. The molecule has 0 amide bonds. The molecule has 0 unspecified atom stereocenters. The molecule has 0 rings (SSSR count). The number of hydrogen-bond acceptors (Lipinski definition) is 2. The molecule has 0 heterocycles. The van der Waals surface area contributed by atoms with E-state index in [4.69, 9.17) is 5.11 Å². The molecule has 0 aliphatic heterocycles. The van der Waals surface area contributed by atoms with Crippen molar-refractivity contribution in [2.75, 3.05) is 0 Å². The van der Waals surface area contributed by atoms with Gasteiger partial charge in [0, 0.05) is 0 Å². The van der Waals surface area contributed by atoms with E-state index in [-0.39, 0.29) is 0 Å². The Kier molecular flexibility index (Phi) is 2.69. The summed E-state index contributed by atoms with van der Waals surface area (Å²) in [5.74, 6) is -2.21. The first-order chi connectivity index (χ1) is 3.68. The van der Waals surface area contributed by atoms with Crippen LogP contribution in [0.5, 0.6) is 0 Å². The minimum absolute atomic E-state index is 0.477. The summed E-state index contributed by atoms with van der Waals surface area (Å²) in [6.07, 6.45) is 1.60. The number of rotatable bonds is 2. The molecule has 0 radical (unpaired) electrons. The van der Waals surface area contributed by atoms with Crippen LogP contribution in [0.25, 0.3) is 0 Å². The zero-order valence-electron chi connectivity index (χ0n) is 4.55. The number of hydrogen-bond donors (Lipinski definition) is 1. The Labute approximate surface area is 47.3 Å². The molecular formula is C5H7O3-. The Balaban J connectivity index is 3.80. The molecule has 0 aromatic rings. The van der Waals surface area contributed by atoms with Gasteiger partial charge in [-0.3, -0.25) is 0 Å². The highest BCUT2D eigenvalue weighted by atomic mass is 16.4. The standard InChI is InChI=1S/C5H8O3/c1-2-3-4(6)5(7)8/h3,6H,2H2,1H3,(H,7,8)/p-1/b4-3-. The van der Waals surface area contributed by atoms with Gasteiger partial charge in [-0.25, -0.2) is 4.79 Å². The monoisotopic (exact) mass is 115 g/mol. The minimum Gasteiger partial charge on any atom is -0.868 e. The molecule has 46 valence electrons. The van der Waals surface area contributed by atoms with Crippen LogP contribution in [-0.4, -0.2) is 11.1 Å². The van der Waals surface area contributed by atoms with Gasteiger partial charge in [-0.05, 0) is 12.2 Å². The molecule has 3 heteroatoms. The van der Waals surface area contributed by atoms with Gasteiger partial charge in [0.1, 0.15) is 0 Å². The van der Waals surface area contributed by atoms with Crippen molar-refractivity contribution in [3.8, 4) is 0 Å². The predicted molar refractivity (Wildman–Crippen MR) is 26.0 cm³/mol. The van der Waals surface area contributed by atoms with Gasteiger partial charge < -0.3 is 10.2 Å². The lowest BCUT2D eigenvalue weighted by atomic mass is 10.4.